The van der Waals surface area contributed by atoms with Crippen molar-refractivity contribution in [3.05, 3.63) is 72.1 Å². The van der Waals surface area contributed by atoms with E-state index >= 15 is 0 Å². The number of hydrogen-bond acceptors (Lipinski definition) is 5. The summed E-state index contributed by atoms with van der Waals surface area (Å²) < 4.78 is 43.0. The number of hydrogen-bond donors (Lipinski definition) is 1. The predicted molar refractivity (Wildman–Crippen MR) is 87.9 cm³/mol. The first-order chi connectivity index (χ1) is 11.9. The lowest BCUT2D eigenvalue weighted by atomic mass is 9.79. The van der Waals surface area contributed by atoms with Crippen LogP contribution in [0.15, 0.2) is 43.4 Å². The third kappa shape index (κ3) is 3.68. The van der Waals surface area contributed by atoms with Crippen LogP contribution < -0.4 is 0 Å². The fourth-order valence-electron chi connectivity index (χ4n) is 2.72. The largest absolute Gasteiger partial charge is 0.382 e. The molecule has 0 unspecified atom stereocenters. The van der Waals surface area contributed by atoms with E-state index in [0.29, 0.717) is 6.07 Å². The van der Waals surface area contributed by atoms with Gasteiger partial charge in [0.1, 0.15) is 36.2 Å². The van der Waals surface area contributed by atoms with E-state index in [-0.39, 0.29) is 30.2 Å². The molecule has 0 aliphatic rings. The van der Waals surface area contributed by atoms with Crippen molar-refractivity contribution in [2.24, 2.45) is 0 Å². The minimum Gasteiger partial charge on any atom is -0.382 e. The first-order valence-electron chi connectivity index (χ1n) is 7.37. The quantitative estimate of drug-likeness (QED) is 0.730. The Labute approximate surface area is 153 Å². The Morgan fingerprint density at radius 1 is 1.15 bits per heavy atom. The lowest BCUT2D eigenvalue weighted by Crippen LogP contribution is -2.39. The number of halogens is 4. The highest BCUT2D eigenvalue weighted by molar-refractivity contribution is 5.85. The Balaban J connectivity index is 0.00000243. The Hall–Kier alpha value is -2.52. The molecule has 0 saturated heterocycles. The minimum atomic E-state index is -1.96. The van der Waals surface area contributed by atoms with E-state index < -0.39 is 29.0 Å². The SMILES string of the molecule is C[C@@H](c1ncncc1F)[C@](O)(Cn1cncn1)c1ccc(F)cc1F.Cl. The molecular weight excluding hydrogens is 371 g/mol. The Morgan fingerprint density at radius 3 is 2.54 bits per heavy atom. The van der Waals surface area contributed by atoms with Gasteiger partial charge in [-0.15, -0.1) is 12.4 Å². The molecule has 2 heterocycles. The molecule has 0 saturated carbocycles. The molecule has 10 heteroatoms. The first kappa shape index (κ1) is 19.8. The van der Waals surface area contributed by atoms with E-state index in [2.05, 4.69) is 20.1 Å². The van der Waals surface area contributed by atoms with Crippen LogP contribution in [-0.2, 0) is 12.1 Å². The van der Waals surface area contributed by atoms with Gasteiger partial charge in [-0.05, 0) is 6.07 Å². The van der Waals surface area contributed by atoms with Crippen LogP contribution >= 0.6 is 12.4 Å². The van der Waals surface area contributed by atoms with E-state index in [0.717, 1.165) is 24.7 Å². The number of aliphatic hydroxyl groups is 1. The molecular formula is C16H15ClF3N5O. The zero-order valence-corrected chi connectivity index (χ0v) is 14.4. The normalized spacial score (nSPS) is 14.3. The molecule has 6 nitrogen and oxygen atoms in total. The van der Waals surface area contributed by atoms with Crippen LogP contribution in [0.2, 0.25) is 0 Å². The molecule has 0 fully saturated rings. The molecule has 138 valence electrons. The van der Waals surface area contributed by atoms with Crippen LogP contribution in [-0.4, -0.2) is 29.8 Å². The summed E-state index contributed by atoms with van der Waals surface area (Å²) >= 11 is 0. The van der Waals surface area contributed by atoms with Crippen LogP contribution in [0, 0.1) is 17.5 Å². The Morgan fingerprint density at radius 2 is 1.92 bits per heavy atom. The molecule has 0 bridgehead atoms. The zero-order chi connectivity index (χ0) is 18.0. The van der Waals surface area contributed by atoms with Gasteiger partial charge in [0.15, 0.2) is 5.82 Å². The van der Waals surface area contributed by atoms with Crippen LogP contribution in [0.4, 0.5) is 13.2 Å². The summed E-state index contributed by atoms with van der Waals surface area (Å²) in [6, 6.07) is 2.80. The van der Waals surface area contributed by atoms with Gasteiger partial charge in [0.25, 0.3) is 0 Å². The molecule has 0 radical (unpaired) electrons. The summed E-state index contributed by atoms with van der Waals surface area (Å²) in [6.45, 7) is 1.26. The van der Waals surface area contributed by atoms with Crippen molar-refractivity contribution in [2.45, 2.75) is 25.0 Å². The average molecular weight is 386 g/mol. The number of rotatable bonds is 5. The van der Waals surface area contributed by atoms with Crippen molar-refractivity contribution in [3.63, 3.8) is 0 Å². The summed E-state index contributed by atoms with van der Waals surface area (Å²) in [4.78, 5) is 11.2. The monoisotopic (exact) mass is 385 g/mol. The smallest absolute Gasteiger partial charge is 0.163 e. The average Bonchev–Trinajstić information content (AvgIpc) is 3.07. The molecule has 0 aliphatic heterocycles. The summed E-state index contributed by atoms with van der Waals surface area (Å²) in [7, 11) is 0. The van der Waals surface area contributed by atoms with Gasteiger partial charge < -0.3 is 5.11 Å². The van der Waals surface area contributed by atoms with E-state index in [9.17, 15) is 18.3 Å². The van der Waals surface area contributed by atoms with Gasteiger partial charge in [0.05, 0.1) is 18.4 Å². The fourth-order valence-corrected chi connectivity index (χ4v) is 2.72. The number of aromatic nitrogens is 5. The molecule has 1 N–H and O–H groups in total. The van der Waals surface area contributed by atoms with Crippen LogP contribution in [0.1, 0.15) is 24.1 Å². The molecule has 2 atom stereocenters. The van der Waals surface area contributed by atoms with Crippen LogP contribution in [0.5, 0.6) is 0 Å². The Kier molecular flexibility index (Phi) is 5.94. The molecule has 1 aromatic carbocycles. The van der Waals surface area contributed by atoms with E-state index in [1.54, 1.807) is 0 Å². The van der Waals surface area contributed by atoms with Crippen LogP contribution in [0.3, 0.4) is 0 Å². The number of benzene rings is 1. The summed E-state index contributed by atoms with van der Waals surface area (Å²) in [5.74, 6) is -3.47. The summed E-state index contributed by atoms with van der Waals surface area (Å²) in [5, 5.41) is 15.2. The third-order valence-electron chi connectivity index (χ3n) is 4.09. The lowest BCUT2D eigenvalue weighted by Gasteiger charge is -2.34. The maximum absolute atomic E-state index is 14.4. The zero-order valence-electron chi connectivity index (χ0n) is 13.6. The van der Waals surface area contributed by atoms with Crippen molar-refractivity contribution in [3.8, 4) is 0 Å². The van der Waals surface area contributed by atoms with Crippen molar-refractivity contribution in [1.29, 1.82) is 0 Å². The molecule has 0 spiro atoms. The summed E-state index contributed by atoms with van der Waals surface area (Å²) in [6.07, 6.45) is 4.66. The standard InChI is InChI=1S/C16H14F3N5O.ClH/c1-10(15-14(19)5-20-7-22-15)16(25,6-24-9-21-8-23-24)12-3-2-11(17)4-13(12)18;/h2-5,7-10,25H,6H2,1H3;1H/t10-,16+;/m0./s1. The van der Waals surface area contributed by atoms with E-state index in [1.165, 1.54) is 24.3 Å². The first-order valence-corrected chi connectivity index (χ1v) is 7.37. The highest BCUT2D eigenvalue weighted by Crippen LogP contribution is 2.39. The maximum atomic E-state index is 14.4. The topological polar surface area (TPSA) is 76.7 Å². The van der Waals surface area contributed by atoms with Gasteiger partial charge in [0.2, 0.25) is 0 Å². The molecule has 2 aromatic heterocycles. The third-order valence-corrected chi connectivity index (χ3v) is 4.09. The Bertz CT molecular complexity index is 880. The van der Waals surface area contributed by atoms with Crippen molar-refractivity contribution in [1.82, 2.24) is 24.7 Å². The molecule has 3 rings (SSSR count). The highest BCUT2D eigenvalue weighted by atomic mass is 35.5. The number of nitrogens with zero attached hydrogens (tertiary/aromatic N) is 5. The second-order valence-corrected chi connectivity index (χ2v) is 5.62. The van der Waals surface area contributed by atoms with Gasteiger partial charge in [-0.25, -0.2) is 32.8 Å². The van der Waals surface area contributed by atoms with E-state index in [4.69, 9.17) is 0 Å². The lowest BCUT2D eigenvalue weighted by molar-refractivity contribution is -0.0133. The van der Waals surface area contributed by atoms with Crippen LogP contribution in [0.25, 0.3) is 0 Å². The maximum Gasteiger partial charge on any atom is 0.163 e. The fraction of sp³-hybridized carbons (Fsp3) is 0.250. The van der Waals surface area contributed by atoms with E-state index in [1.807, 2.05) is 0 Å². The van der Waals surface area contributed by atoms with Gasteiger partial charge in [-0.3, -0.25) is 0 Å². The predicted octanol–water partition coefficient (Wildman–Crippen LogP) is 2.60. The minimum absolute atomic E-state index is 0. The van der Waals surface area contributed by atoms with Gasteiger partial charge >= 0.3 is 0 Å². The van der Waals surface area contributed by atoms with Crippen molar-refractivity contribution >= 4 is 12.4 Å². The molecule has 3 aromatic rings. The molecule has 26 heavy (non-hydrogen) atoms. The van der Waals surface area contributed by atoms with Gasteiger partial charge in [0, 0.05) is 17.5 Å². The molecule has 0 aliphatic carbocycles. The molecule has 0 amide bonds. The van der Waals surface area contributed by atoms with Gasteiger partial charge in [-0.1, -0.05) is 13.0 Å². The van der Waals surface area contributed by atoms with Crippen molar-refractivity contribution < 1.29 is 18.3 Å². The summed E-state index contributed by atoms with van der Waals surface area (Å²) in [5.41, 5.74) is -2.25. The van der Waals surface area contributed by atoms with Crippen molar-refractivity contribution in [2.75, 3.05) is 0 Å². The second-order valence-electron chi connectivity index (χ2n) is 5.62. The highest BCUT2D eigenvalue weighted by Gasteiger charge is 2.41. The second kappa shape index (κ2) is 7.79. The van der Waals surface area contributed by atoms with Gasteiger partial charge in [-0.2, -0.15) is 5.10 Å².